The first-order chi connectivity index (χ1) is 28.0. The number of carbonyl (C=O) groups excluding carboxylic acids is 1. The zero-order valence-electron chi connectivity index (χ0n) is 36.6. The van der Waals surface area contributed by atoms with Gasteiger partial charge in [0.15, 0.2) is 6.29 Å². The molecule has 1 aliphatic rings. The fraction of sp³-hybridized carbons (Fsp3) is 0.933. The molecule has 0 radical (unpaired) electrons. The molecule has 0 saturated carbocycles. The second kappa shape index (κ2) is 36.5. The summed E-state index contributed by atoms with van der Waals surface area (Å²) in [4.78, 5) is 12.9. The van der Waals surface area contributed by atoms with Crippen molar-refractivity contribution in [2.45, 2.75) is 256 Å². The van der Waals surface area contributed by atoms with Crippen LogP contribution >= 0.6 is 0 Å². The molecule has 12 nitrogen and oxygen atoms in total. The van der Waals surface area contributed by atoms with E-state index in [4.69, 9.17) is 14.0 Å². The zero-order chi connectivity index (χ0) is 42.7. The number of allylic oxidation sites excluding steroid dienone is 2. The van der Waals surface area contributed by atoms with Crippen LogP contribution < -0.4 is 5.32 Å². The number of amides is 1. The van der Waals surface area contributed by atoms with E-state index in [1.165, 1.54) is 135 Å². The van der Waals surface area contributed by atoms with Crippen molar-refractivity contribution in [2.75, 3.05) is 13.2 Å². The Hall–Kier alpha value is -1.16. The average molecular weight is 850 g/mol. The van der Waals surface area contributed by atoms with Crippen LogP contribution in [-0.2, 0) is 28.9 Å². The van der Waals surface area contributed by atoms with Gasteiger partial charge in [0.1, 0.15) is 24.4 Å². The molecule has 7 unspecified atom stereocenters. The second-order valence-corrected chi connectivity index (χ2v) is 17.7. The van der Waals surface area contributed by atoms with Crippen molar-refractivity contribution in [3.05, 3.63) is 12.2 Å². The smallest absolute Gasteiger partial charge is 0.394 e. The number of rotatable bonds is 40. The maximum Gasteiger partial charge on any atom is 0.397 e. The van der Waals surface area contributed by atoms with Crippen molar-refractivity contribution in [1.29, 1.82) is 0 Å². The summed E-state index contributed by atoms with van der Waals surface area (Å²) in [6.45, 7) is 3.39. The first-order valence-electron chi connectivity index (χ1n) is 23.6. The number of ether oxygens (including phenoxy) is 2. The van der Waals surface area contributed by atoms with Crippen LogP contribution in [0.25, 0.3) is 0 Å². The van der Waals surface area contributed by atoms with Gasteiger partial charge in [-0.1, -0.05) is 187 Å². The topological polar surface area (TPSA) is 192 Å². The van der Waals surface area contributed by atoms with Crippen LogP contribution in [0.1, 0.15) is 213 Å². The van der Waals surface area contributed by atoms with Gasteiger partial charge in [0.25, 0.3) is 0 Å². The summed E-state index contributed by atoms with van der Waals surface area (Å²) in [6, 6.07) is -0.868. The molecule has 58 heavy (non-hydrogen) atoms. The zero-order valence-corrected chi connectivity index (χ0v) is 37.4. The van der Waals surface area contributed by atoms with Crippen LogP contribution in [-0.4, -0.2) is 95.4 Å². The molecule has 6 N–H and O–H groups in total. The van der Waals surface area contributed by atoms with Gasteiger partial charge in [-0.3, -0.25) is 9.35 Å². The highest BCUT2D eigenvalue weighted by atomic mass is 32.3. The van der Waals surface area contributed by atoms with Gasteiger partial charge in [0.2, 0.25) is 5.91 Å². The normalized spacial score (nSPS) is 21.1. The van der Waals surface area contributed by atoms with Gasteiger partial charge < -0.3 is 35.2 Å². The Kier molecular flexibility index (Phi) is 34.5. The van der Waals surface area contributed by atoms with Crippen LogP contribution in [0.4, 0.5) is 0 Å². The Morgan fingerprint density at radius 2 is 1.10 bits per heavy atom. The Morgan fingerprint density at radius 3 is 1.55 bits per heavy atom. The van der Waals surface area contributed by atoms with E-state index in [9.17, 15) is 33.6 Å². The first-order valence-corrected chi connectivity index (χ1v) is 24.9. The number of hydrogen-bond acceptors (Lipinski definition) is 10. The maximum atomic E-state index is 12.9. The summed E-state index contributed by atoms with van der Waals surface area (Å²) < 4.78 is 47.5. The standard InChI is InChI=1S/C45H87NO11S/c1-3-5-7-9-11-13-14-15-16-17-18-19-20-21-22-23-24-25-27-28-30-32-34-39(48)38(46-41(49)35-33-31-29-26-12-10-8-6-4-2)37-55-45-43(51)44(57-58(52,53)54)42(50)40(36-47)56-45/h26,29,38-40,42-45,47-48,50-51H,3-25,27-28,30-37H2,1-2H3,(H,46,49)(H,52,53,54)/b29-26-. The third-order valence-corrected chi connectivity index (χ3v) is 11.8. The summed E-state index contributed by atoms with van der Waals surface area (Å²) in [7, 11) is -5.07. The molecule has 1 saturated heterocycles. The molecular formula is C45H87NO11S. The van der Waals surface area contributed by atoms with Gasteiger partial charge in [-0.15, -0.1) is 0 Å². The first kappa shape index (κ1) is 54.9. The molecule has 0 spiro atoms. The van der Waals surface area contributed by atoms with Gasteiger partial charge in [-0.2, -0.15) is 8.42 Å². The van der Waals surface area contributed by atoms with E-state index in [1.54, 1.807) is 0 Å². The van der Waals surface area contributed by atoms with Gasteiger partial charge in [-0.05, 0) is 32.1 Å². The Labute approximate surface area is 353 Å². The number of hydrogen-bond donors (Lipinski definition) is 6. The van der Waals surface area contributed by atoms with Gasteiger partial charge >= 0.3 is 10.4 Å². The van der Waals surface area contributed by atoms with E-state index >= 15 is 0 Å². The summed E-state index contributed by atoms with van der Waals surface area (Å²) in [5, 5.41) is 44.7. The van der Waals surface area contributed by atoms with Crippen molar-refractivity contribution in [3.8, 4) is 0 Å². The number of aliphatic hydroxyl groups excluding tert-OH is 4. The monoisotopic (exact) mass is 850 g/mol. The van der Waals surface area contributed by atoms with E-state index in [1.807, 2.05) is 0 Å². The molecule has 13 heteroatoms. The van der Waals surface area contributed by atoms with Crippen LogP contribution in [0.3, 0.4) is 0 Å². The predicted octanol–water partition coefficient (Wildman–Crippen LogP) is 9.16. The van der Waals surface area contributed by atoms with E-state index in [0.29, 0.717) is 12.8 Å². The predicted molar refractivity (Wildman–Crippen MR) is 232 cm³/mol. The molecule has 1 fully saturated rings. The van der Waals surface area contributed by atoms with Crippen LogP contribution in [0.15, 0.2) is 12.2 Å². The van der Waals surface area contributed by atoms with Gasteiger partial charge in [0, 0.05) is 6.42 Å². The molecule has 7 atom stereocenters. The number of aliphatic hydroxyl groups is 4. The Morgan fingerprint density at radius 1 is 0.672 bits per heavy atom. The van der Waals surface area contributed by atoms with Crippen LogP contribution in [0, 0.1) is 0 Å². The summed E-state index contributed by atoms with van der Waals surface area (Å²) in [5.41, 5.74) is 0. The lowest BCUT2D eigenvalue weighted by Gasteiger charge is -2.41. The highest BCUT2D eigenvalue weighted by Crippen LogP contribution is 2.26. The van der Waals surface area contributed by atoms with Crippen LogP contribution in [0.2, 0.25) is 0 Å². The lowest BCUT2D eigenvalue weighted by atomic mass is 9.99. The number of nitrogens with one attached hydrogen (secondary N) is 1. The summed E-state index contributed by atoms with van der Waals surface area (Å²) in [5.74, 6) is -0.264. The molecule has 1 aliphatic heterocycles. The summed E-state index contributed by atoms with van der Waals surface area (Å²) in [6.07, 6.45) is 31.0. The Bertz CT molecular complexity index is 1090. The quantitative estimate of drug-likeness (QED) is 0.0196. The van der Waals surface area contributed by atoms with E-state index in [-0.39, 0.29) is 18.9 Å². The minimum Gasteiger partial charge on any atom is -0.394 e. The van der Waals surface area contributed by atoms with E-state index in [0.717, 1.165) is 44.9 Å². The number of carbonyl (C=O) groups is 1. The lowest BCUT2D eigenvalue weighted by Crippen LogP contribution is -2.61. The molecule has 0 aromatic heterocycles. The number of unbranched alkanes of at least 4 members (excludes halogenated alkanes) is 26. The highest BCUT2D eigenvalue weighted by Gasteiger charge is 2.48. The minimum absolute atomic E-state index is 0.244. The average Bonchev–Trinajstić information content (AvgIpc) is 3.19. The van der Waals surface area contributed by atoms with E-state index < -0.39 is 59.9 Å². The van der Waals surface area contributed by atoms with Crippen molar-refractivity contribution in [3.63, 3.8) is 0 Å². The highest BCUT2D eigenvalue weighted by molar-refractivity contribution is 7.80. The second-order valence-electron chi connectivity index (χ2n) is 16.7. The van der Waals surface area contributed by atoms with Crippen molar-refractivity contribution < 1.29 is 51.8 Å². The minimum atomic E-state index is -5.07. The molecule has 344 valence electrons. The SMILES string of the molecule is CCCCCC/C=C\CCCC(=O)NC(COC1OC(CO)C(O)C(OS(=O)(=O)O)C1O)C(O)CCCCCCCCCCCCCCCCCCCCCCCC. The molecular weight excluding hydrogens is 763 g/mol. The van der Waals surface area contributed by atoms with E-state index in [2.05, 4.69) is 35.5 Å². The molecule has 0 aromatic carbocycles. The van der Waals surface area contributed by atoms with Crippen molar-refractivity contribution in [2.24, 2.45) is 0 Å². The fourth-order valence-corrected chi connectivity index (χ4v) is 8.15. The largest absolute Gasteiger partial charge is 0.397 e. The summed E-state index contributed by atoms with van der Waals surface area (Å²) >= 11 is 0. The molecule has 1 rings (SSSR count). The molecule has 0 aliphatic carbocycles. The maximum absolute atomic E-state index is 12.9. The van der Waals surface area contributed by atoms with Crippen molar-refractivity contribution in [1.82, 2.24) is 5.32 Å². The molecule has 1 amide bonds. The lowest BCUT2D eigenvalue weighted by molar-refractivity contribution is -0.298. The van der Waals surface area contributed by atoms with Crippen molar-refractivity contribution >= 4 is 16.3 Å². The fourth-order valence-electron chi connectivity index (χ4n) is 7.64. The molecule has 0 aromatic rings. The Balaban J connectivity index is 2.40. The molecule has 1 heterocycles. The molecule has 0 bridgehead atoms. The third-order valence-electron chi connectivity index (χ3n) is 11.3. The third kappa shape index (κ3) is 29.2. The van der Waals surface area contributed by atoms with Gasteiger partial charge in [0.05, 0.1) is 25.4 Å². The van der Waals surface area contributed by atoms with Crippen LogP contribution in [0.5, 0.6) is 0 Å². The van der Waals surface area contributed by atoms with Gasteiger partial charge in [-0.25, -0.2) is 4.18 Å².